The highest BCUT2D eigenvalue weighted by atomic mass is 16.5. The van der Waals surface area contributed by atoms with Gasteiger partial charge in [0.25, 0.3) is 5.91 Å². The molecule has 0 aliphatic carbocycles. The summed E-state index contributed by atoms with van der Waals surface area (Å²) in [5.74, 6) is -10.0. The predicted molar refractivity (Wildman–Crippen MR) is 405 cm³/mol. The molecule has 4 fully saturated rings. The number of carbonyl (C=O) groups is 14. The molecule has 108 heavy (non-hydrogen) atoms. The van der Waals surface area contributed by atoms with Crippen molar-refractivity contribution in [2.24, 2.45) is 35.5 Å². The minimum atomic E-state index is -1.45. The summed E-state index contributed by atoms with van der Waals surface area (Å²) < 4.78 is 11.6. The summed E-state index contributed by atoms with van der Waals surface area (Å²) in [7, 11) is 9.86. The van der Waals surface area contributed by atoms with E-state index in [2.05, 4.69) is 27.2 Å². The fourth-order valence-corrected chi connectivity index (χ4v) is 15.4. The topological polar surface area (TPSA) is 335 Å². The first-order chi connectivity index (χ1) is 50.7. The Morgan fingerprint density at radius 1 is 0.509 bits per heavy atom. The van der Waals surface area contributed by atoms with Crippen LogP contribution in [0.3, 0.4) is 0 Å². The lowest BCUT2D eigenvalue weighted by atomic mass is 9.92. The van der Waals surface area contributed by atoms with Crippen LogP contribution in [0.15, 0.2) is 30.3 Å². The monoisotopic (exact) mass is 1510 g/mol. The molecule has 0 bridgehead atoms. The zero-order valence-electron chi connectivity index (χ0n) is 67.9. The lowest BCUT2D eigenvalue weighted by molar-refractivity contribution is -0.164. The lowest BCUT2D eigenvalue weighted by Crippen LogP contribution is -2.62. The van der Waals surface area contributed by atoms with E-state index in [1.165, 1.54) is 109 Å². The minimum Gasteiger partial charge on any atom is -0.452 e. The molecule has 5 rings (SSSR count). The van der Waals surface area contributed by atoms with Gasteiger partial charge < -0.3 is 74.8 Å². The molecule has 4 aliphatic heterocycles. The maximum atomic E-state index is 15.2. The van der Waals surface area contributed by atoms with E-state index in [1.807, 2.05) is 27.7 Å². The van der Waals surface area contributed by atoms with Crippen molar-refractivity contribution in [3.63, 3.8) is 0 Å². The van der Waals surface area contributed by atoms with Crippen LogP contribution in [-0.4, -0.2) is 287 Å². The van der Waals surface area contributed by atoms with Crippen molar-refractivity contribution in [1.82, 2.24) is 65.4 Å². The van der Waals surface area contributed by atoms with Crippen LogP contribution in [0.25, 0.3) is 0 Å². The molecule has 0 radical (unpaired) electrons. The van der Waals surface area contributed by atoms with Crippen LogP contribution >= 0.6 is 0 Å². The van der Waals surface area contributed by atoms with Gasteiger partial charge in [0.1, 0.15) is 72.5 Å². The number of hydrogen-bond acceptors (Lipinski definition) is 16. The molecular formula is C79H125N13O16. The molecule has 13 amide bonds. The number of nitrogens with zero attached hydrogens (tertiary/aromatic N) is 9. The summed E-state index contributed by atoms with van der Waals surface area (Å²) in [6.07, 6.45) is 7.61. The van der Waals surface area contributed by atoms with E-state index in [0.717, 1.165) is 4.90 Å². The number of nitrogens with one attached hydrogen (secondary N) is 4. The van der Waals surface area contributed by atoms with Gasteiger partial charge in [-0.05, 0) is 121 Å². The molecule has 3 unspecified atom stereocenters. The Hall–Kier alpha value is -8.68. The number of unbranched alkanes of at least 4 members (excludes halogenated alkanes) is 1. The standard InChI is InChI=1S/C79H125N13O16/c1-23-25-27-35-55-50(12)79(106)108-65(48(9)10)69(96)81-52(14)71(98)90-39-30-36-57(90)73(100)88(20)63(47(7)8)78(105)86(18)61(44-107-22)76(103)85(17)60(43-54-33-28-26-29-34-54)75(102)84(16)53(15)66(93)80-51(13)70(97)87(19)62(46(5)6)67(94)83-56(42-45(3)4)72(99)91-40-32-38-59(91)77(104)92-41-31-37-58(92)74(101)89(21)64(49(11)24-2)68(95)82-55/h1,26,28-29,33-34,45-53,55-65H,24-25,27,30-32,35-44H2,2-22H3,(H,80,93)(H,81,96)(H,82,95)(H,83,94)/t49-,50?,51-,52-,53+,55?,56-,57-,58-,59-,60-,61?,62-,63-,64-,65-/m0/s1. The summed E-state index contributed by atoms with van der Waals surface area (Å²) >= 11 is 0. The third-order valence-electron chi connectivity index (χ3n) is 22.1. The number of likely N-dealkylation sites (N-methyl/N-ethyl adjacent to an activating group) is 6. The van der Waals surface area contributed by atoms with Crippen molar-refractivity contribution in [2.45, 2.75) is 259 Å². The molecule has 29 heteroatoms. The van der Waals surface area contributed by atoms with Crippen LogP contribution < -0.4 is 21.3 Å². The molecule has 0 aromatic heterocycles. The lowest BCUT2D eigenvalue weighted by Gasteiger charge is -2.40. The van der Waals surface area contributed by atoms with Crippen LogP contribution in [0.4, 0.5) is 0 Å². The van der Waals surface area contributed by atoms with E-state index in [9.17, 15) is 38.4 Å². The normalized spacial score (nSPS) is 29.2. The van der Waals surface area contributed by atoms with Crippen molar-refractivity contribution in [2.75, 3.05) is 75.6 Å². The summed E-state index contributed by atoms with van der Waals surface area (Å²) in [6.45, 7) is 23.6. The highest BCUT2D eigenvalue weighted by molar-refractivity contribution is 6.00. The van der Waals surface area contributed by atoms with Crippen LogP contribution in [0.1, 0.15) is 173 Å². The van der Waals surface area contributed by atoms with E-state index in [4.69, 9.17) is 15.9 Å². The highest BCUT2D eigenvalue weighted by Gasteiger charge is 2.49. The smallest absolute Gasteiger partial charge is 0.311 e. The van der Waals surface area contributed by atoms with E-state index in [0.29, 0.717) is 37.7 Å². The van der Waals surface area contributed by atoms with Crippen molar-refractivity contribution < 1.29 is 76.6 Å². The van der Waals surface area contributed by atoms with Gasteiger partial charge in [0.2, 0.25) is 70.9 Å². The van der Waals surface area contributed by atoms with E-state index >= 15 is 28.8 Å². The number of amides is 13. The molecule has 4 heterocycles. The summed E-state index contributed by atoms with van der Waals surface area (Å²) in [5, 5.41) is 11.4. The number of methoxy groups -OCH3 is 1. The van der Waals surface area contributed by atoms with Gasteiger partial charge in [0.05, 0.1) is 12.5 Å². The van der Waals surface area contributed by atoms with Gasteiger partial charge in [-0.3, -0.25) is 67.1 Å². The van der Waals surface area contributed by atoms with E-state index < -0.39 is 197 Å². The molecule has 16 atom stereocenters. The largest absolute Gasteiger partial charge is 0.452 e. The fraction of sp³-hybridized carbons (Fsp3) is 0.722. The highest BCUT2D eigenvalue weighted by Crippen LogP contribution is 2.31. The van der Waals surface area contributed by atoms with Crippen LogP contribution in [0.5, 0.6) is 0 Å². The number of esters is 1. The van der Waals surface area contributed by atoms with Crippen molar-refractivity contribution in [3.05, 3.63) is 35.9 Å². The molecule has 0 saturated carbocycles. The molecule has 4 saturated heterocycles. The number of cyclic esters (lactones) is 1. The second-order valence-electron chi connectivity index (χ2n) is 31.6. The van der Waals surface area contributed by atoms with Gasteiger partial charge in [-0.1, -0.05) is 106 Å². The van der Waals surface area contributed by atoms with Gasteiger partial charge in [-0.2, -0.15) is 0 Å². The zero-order chi connectivity index (χ0) is 81.2. The van der Waals surface area contributed by atoms with Crippen molar-refractivity contribution in [3.8, 4) is 12.3 Å². The molecule has 0 spiro atoms. The fourth-order valence-electron chi connectivity index (χ4n) is 15.4. The molecule has 1 aromatic rings. The second kappa shape index (κ2) is 40.7. The Kier molecular flexibility index (Phi) is 33.9. The molecule has 1 aromatic carbocycles. The average Bonchev–Trinajstić information content (AvgIpc) is 1.66. The Morgan fingerprint density at radius 3 is 1.49 bits per heavy atom. The third-order valence-corrected chi connectivity index (χ3v) is 22.1. The molecule has 4 aliphatic rings. The molecular weight excluding hydrogens is 1390 g/mol. The number of terminal acetylenes is 1. The van der Waals surface area contributed by atoms with Gasteiger partial charge >= 0.3 is 5.97 Å². The minimum absolute atomic E-state index is 0.0538. The summed E-state index contributed by atoms with van der Waals surface area (Å²) in [6, 6.07) is -6.41. The number of hydrogen-bond donors (Lipinski definition) is 4. The van der Waals surface area contributed by atoms with Gasteiger partial charge in [0, 0.05) is 87.9 Å². The van der Waals surface area contributed by atoms with E-state index in [1.54, 1.807) is 78.8 Å². The van der Waals surface area contributed by atoms with Gasteiger partial charge in [0.15, 0.2) is 6.10 Å². The first kappa shape index (κ1) is 89.9. The number of benzene rings is 1. The van der Waals surface area contributed by atoms with Gasteiger partial charge in [-0.25, -0.2) is 0 Å². The Balaban J connectivity index is 1.58. The number of ether oxygens (including phenoxy) is 2. The summed E-state index contributed by atoms with van der Waals surface area (Å²) in [4.78, 5) is 219. The molecule has 602 valence electrons. The quantitative estimate of drug-likeness (QED) is 0.118. The van der Waals surface area contributed by atoms with Gasteiger partial charge in [-0.15, -0.1) is 12.3 Å². The average molecular weight is 1510 g/mol. The second-order valence-corrected chi connectivity index (χ2v) is 31.6. The first-order valence-electron chi connectivity index (χ1n) is 38.6. The SMILES string of the molecule is C#CCCCC1NC(=O)[C@H]([C@@H](C)CC)N(C)C(=O)[C@@H]2CCCN2C(=O)[C@@H]2CCCN2C(=O)[C@H](CC(C)C)NC(=O)[C@H](C(C)C)N(C)C(=O)[C@H](C)NC(=O)[C@@H](C)N(C)C(=O)[C@H](Cc2ccccc2)N(C)C(=O)C(COC)N(C)C(=O)[C@H](C(C)C)N(C)C(=O)[C@@H]2CCCN2C(=O)[C@H](C)NC(=O)[C@H](C(C)C)OC(=O)C1C. The zero-order valence-corrected chi connectivity index (χ0v) is 67.9. The number of rotatable bonds is 14. The van der Waals surface area contributed by atoms with Crippen LogP contribution in [0.2, 0.25) is 0 Å². The van der Waals surface area contributed by atoms with Crippen molar-refractivity contribution in [1.29, 1.82) is 0 Å². The third kappa shape index (κ3) is 21.8. The predicted octanol–water partition coefficient (Wildman–Crippen LogP) is 3.23. The van der Waals surface area contributed by atoms with Crippen LogP contribution in [0, 0.1) is 47.9 Å². The Morgan fingerprint density at radius 2 is 0.981 bits per heavy atom. The Labute approximate surface area is 640 Å². The van der Waals surface area contributed by atoms with Crippen LogP contribution in [-0.2, 0) is 83.0 Å². The first-order valence-corrected chi connectivity index (χ1v) is 38.6. The van der Waals surface area contributed by atoms with Crippen molar-refractivity contribution >= 4 is 82.8 Å². The number of fused-ring (bicyclic) bond motifs is 3. The van der Waals surface area contributed by atoms with E-state index in [-0.39, 0.29) is 77.1 Å². The molecule has 29 nitrogen and oxygen atoms in total. The maximum Gasteiger partial charge on any atom is 0.311 e. The number of carbonyl (C=O) groups excluding carboxylic acids is 14. The molecule has 4 N–H and O–H groups in total. The Bertz CT molecular complexity index is 3400. The maximum absolute atomic E-state index is 15.2. The summed E-state index contributed by atoms with van der Waals surface area (Å²) in [5.41, 5.74) is 0.644.